The van der Waals surface area contributed by atoms with E-state index in [1.54, 1.807) is 0 Å². The Bertz CT molecular complexity index is 470. The number of carbonyl (C=O) groups excluding carboxylic acids is 1. The summed E-state index contributed by atoms with van der Waals surface area (Å²) in [6.07, 6.45) is 3.04. The molecule has 1 aliphatic heterocycles. The van der Waals surface area contributed by atoms with Crippen molar-refractivity contribution in [1.29, 1.82) is 0 Å². The van der Waals surface area contributed by atoms with E-state index in [9.17, 15) is 4.79 Å². The van der Waals surface area contributed by atoms with E-state index in [0.717, 1.165) is 31.0 Å². The van der Waals surface area contributed by atoms with E-state index in [1.165, 1.54) is 6.42 Å². The number of nitrogens with zero attached hydrogens (tertiary/aromatic N) is 1. The Kier molecular flexibility index (Phi) is 3.31. The number of carbonyl (C=O) groups is 1. The summed E-state index contributed by atoms with van der Waals surface area (Å²) in [7, 11) is 0. The quantitative estimate of drug-likeness (QED) is 0.778. The Morgan fingerprint density at radius 3 is 2.89 bits per heavy atom. The molecule has 1 aromatic rings. The smallest absolute Gasteiger partial charge is 0.228 e. The van der Waals surface area contributed by atoms with E-state index in [4.69, 9.17) is 0 Å². The van der Waals surface area contributed by atoms with Gasteiger partial charge in [0.2, 0.25) is 5.91 Å². The molecular formula is C14H22N4O. The first-order valence-electron chi connectivity index (χ1n) is 7.23. The topological polar surface area (TPSA) is 69.8 Å². The molecule has 1 saturated carbocycles. The summed E-state index contributed by atoms with van der Waals surface area (Å²) in [4.78, 5) is 12.2. The molecule has 104 valence electrons. The summed E-state index contributed by atoms with van der Waals surface area (Å²) in [6.45, 7) is 5.28. The molecule has 2 aliphatic rings. The summed E-state index contributed by atoms with van der Waals surface area (Å²) < 4.78 is 0. The second kappa shape index (κ2) is 4.96. The van der Waals surface area contributed by atoms with E-state index in [-0.39, 0.29) is 11.8 Å². The van der Waals surface area contributed by atoms with Gasteiger partial charge in [-0.25, -0.2) is 0 Å². The van der Waals surface area contributed by atoms with Crippen LogP contribution in [0.25, 0.3) is 0 Å². The van der Waals surface area contributed by atoms with Gasteiger partial charge in [-0.05, 0) is 38.6 Å². The van der Waals surface area contributed by atoms with Crippen LogP contribution in [0.4, 0.5) is 5.82 Å². The Labute approximate surface area is 113 Å². The van der Waals surface area contributed by atoms with Crippen molar-refractivity contribution in [1.82, 2.24) is 15.5 Å². The molecule has 5 heteroatoms. The number of aromatic nitrogens is 2. The molecule has 3 N–H and O–H groups in total. The van der Waals surface area contributed by atoms with Gasteiger partial charge in [0.15, 0.2) is 5.82 Å². The predicted molar refractivity (Wildman–Crippen MR) is 73.9 cm³/mol. The van der Waals surface area contributed by atoms with Crippen LogP contribution in [0.5, 0.6) is 0 Å². The van der Waals surface area contributed by atoms with Gasteiger partial charge in [-0.1, -0.05) is 6.92 Å². The van der Waals surface area contributed by atoms with Crippen molar-refractivity contribution >= 4 is 11.7 Å². The minimum absolute atomic E-state index is 0.107. The standard InChI is InChI=1S/C14H22N4O/c1-8-5-11(8)12-7-13(18-17-12)16-14(19)10-3-4-15-9(2)6-10/h7-11,15H,3-6H2,1-2H3,(H2,16,17,18,19)/t8?,9-,10-,11?/m0/s1. The van der Waals surface area contributed by atoms with Gasteiger partial charge in [-0.15, -0.1) is 0 Å². The zero-order valence-corrected chi connectivity index (χ0v) is 11.6. The van der Waals surface area contributed by atoms with Gasteiger partial charge in [0, 0.05) is 29.6 Å². The van der Waals surface area contributed by atoms with Crippen LogP contribution in [-0.2, 0) is 4.79 Å². The molecule has 0 aromatic carbocycles. The number of hydrogen-bond donors (Lipinski definition) is 3. The lowest BCUT2D eigenvalue weighted by Gasteiger charge is -2.26. The molecule has 2 heterocycles. The highest BCUT2D eigenvalue weighted by Gasteiger charge is 2.35. The maximum absolute atomic E-state index is 12.2. The van der Waals surface area contributed by atoms with Gasteiger partial charge in [0.1, 0.15) is 0 Å². The molecule has 1 amide bonds. The van der Waals surface area contributed by atoms with Crippen LogP contribution < -0.4 is 10.6 Å². The SMILES string of the molecule is CC1CC1c1cc(NC(=O)[C@H]2CCN[C@@H](C)C2)n[nH]1. The molecular weight excluding hydrogens is 240 g/mol. The highest BCUT2D eigenvalue weighted by Crippen LogP contribution is 2.46. The molecule has 1 saturated heterocycles. The molecule has 5 nitrogen and oxygen atoms in total. The van der Waals surface area contributed by atoms with Gasteiger partial charge in [-0.3, -0.25) is 9.89 Å². The monoisotopic (exact) mass is 262 g/mol. The highest BCUT2D eigenvalue weighted by atomic mass is 16.2. The summed E-state index contributed by atoms with van der Waals surface area (Å²) >= 11 is 0. The van der Waals surface area contributed by atoms with Crippen molar-refractivity contribution in [2.45, 2.75) is 45.1 Å². The number of H-pyrrole nitrogens is 1. The molecule has 2 unspecified atom stereocenters. The maximum Gasteiger partial charge on any atom is 0.228 e. The Morgan fingerprint density at radius 1 is 1.42 bits per heavy atom. The van der Waals surface area contributed by atoms with Gasteiger partial charge < -0.3 is 10.6 Å². The van der Waals surface area contributed by atoms with Crippen LogP contribution in [0.3, 0.4) is 0 Å². The zero-order chi connectivity index (χ0) is 13.4. The second-order valence-electron chi connectivity index (χ2n) is 6.09. The first-order chi connectivity index (χ1) is 9.13. The minimum Gasteiger partial charge on any atom is -0.314 e. The van der Waals surface area contributed by atoms with Crippen LogP contribution in [0, 0.1) is 11.8 Å². The van der Waals surface area contributed by atoms with Crippen molar-refractivity contribution in [2.75, 3.05) is 11.9 Å². The van der Waals surface area contributed by atoms with Crippen molar-refractivity contribution in [3.63, 3.8) is 0 Å². The lowest BCUT2D eigenvalue weighted by Crippen LogP contribution is -2.40. The minimum atomic E-state index is 0.107. The predicted octanol–water partition coefficient (Wildman–Crippen LogP) is 1.86. The number of nitrogens with one attached hydrogen (secondary N) is 3. The summed E-state index contributed by atoms with van der Waals surface area (Å²) in [5.41, 5.74) is 1.15. The van der Waals surface area contributed by atoms with E-state index >= 15 is 0 Å². The molecule has 0 radical (unpaired) electrons. The molecule has 1 aromatic heterocycles. The Balaban J connectivity index is 1.58. The fourth-order valence-electron chi connectivity index (χ4n) is 2.94. The fourth-order valence-corrected chi connectivity index (χ4v) is 2.94. The Hall–Kier alpha value is -1.36. The van der Waals surface area contributed by atoms with Crippen LogP contribution in [0.1, 0.15) is 44.7 Å². The largest absolute Gasteiger partial charge is 0.314 e. The molecule has 3 rings (SSSR count). The van der Waals surface area contributed by atoms with Gasteiger partial charge in [-0.2, -0.15) is 5.10 Å². The molecule has 4 atom stereocenters. The average molecular weight is 262 g/mol. The number of aromatic amines is 1. The van der Waals surface area contributed by atoms with Crippen molar-refractivity contribution < 1.29 is 4.79 Å². The lowest BCUT2D eigenvalue weighted by molar-refractivity contribution is -0.120. The zero-order valence-electron chi connectivity index (χ0n) is 11.6. The average Bonchev–Trinajstić information content (AvgIpc) is 2.94. The normalized spacial score (nSPS) is 34.0. The molecule has 2 fully saturated rings. The summed E-state index contributed by atoms with van der Waals surface area (Å²) in [6, 6.07) is 2.41. The number of hydrogen-bond acceptors (Lipinski definition) is 3. The number of piperidine rings is 1. The van der Waals surface area contributed by atoms with Crippen molar-refractivity contribution in [3.8, 4) is 0 Å². The fraction of sp³-hybridized carbons (Fsp3) is 0.714. The van der Waals surface area contributed by atoms with E-state index in [2.05, 4.69) is 34.7 Å². The van der Waals surface area contributed by atoms with Crippen molar-refractivity contribution in [3.05, 3.63) is 11.8 Å². The summed E-state index contributed by atoms with van der Waals surface area (Å²) in [5.74, 6) is 2.24. The lowest BCUT2D eigenvalue weighted by atomic mass is 9.92. The first-order valence-corrected chi connectivity index (χ1v) is 7.23. The third kappa shape index (κ3) is 2.81. The third-order valence-electron chi connectivity index (χ3n) is 4.35. The van der Waals surface area contributed by atoms with Gasteiger partial charge >= 0.3 is 0 Å². The first kappa shape index (κ1) is 12.7. The van der Waals surface area contributed by atoms with Crippen LogP contribution in [0.15, 0.2) is 6.07 Å². The van der Waals surface area contributed by atoms with Gasteiger partial charge in [0.05, 0.1) is 0 Å². The van der Waals surface area contributed by atoms with E-state index in [0.29, 0.717) is 17.8 Å². The molecule has 0 spiro atoms. The van der Waals surface area contributed by atoms with Crippen molar-refractivity contribution in [2.24, 2.45) is 11.8 Å². The number of amides is 1. The Morgan fingerprint density at radius 2 is 2.21 bits per heavy atom. The third-order valence-corrected chi connectivity index (χ3v) is 4.35. The highest BCUT2D eigenvalue weighted by molar-refractivity contribution is 5.91. The molecule has 1 aliphatic carbocycles. The van der Waals surface area contributed by atoms with Gasteiger partial charge in [0.25, 0.3) is 0 Å². The molecule has 0 bridgehead atoms. The maximum atomic E-state index is 12.2. The van der Waals surface area contributed by atoms with E-state index in [1.807, 2.05) is 6.07 Å². The molecule has 19 heavy (non-hydrogen) atoms. The number of rotatable bonds is 3. The number of anilines is 1. The van der Waals surface area contributed by atoms with Crippen LogP contribution >= 0.6 is 0 Å². The van der Waals surface area contributed by atoms with E-state index < -0.39 is 0 Å². The van der Waals surface area contributed by atoms with Crippen LogP contribution in [-0.4, -0.2) is 28.7 Å². The van der Waals surface area contributed by atoms with Crippen LogP contribution in [0.2, 0.25) is 0 Å². The second-order valence-corrected chi connectivity index (χ2v) is 6.09. The summed E-state index contributed by atoms with van der Waals surface area (Å²) in [5, 5.41) is 13.5.